The molecular formula is C18H16FN3O2. The van der Waals surface area contributed by atoms with E-state index in [0.29, 0.717) is 30.8 Å². The summed E-state index contributed by atoms with van der Waals surface area (Å²) >= 11 is 0. The van der Waals surface area contributed by atoms with E-state index in [1.54, 1.807) is 24.3 Å². The maximum Gasteiger partial charge on any atom is 0.251 e. The maximum absolute atomic E-state index is 13.9. The molecule has 0 bridgehead atoms. The number of carbonyl (C=O) groups excluding carboxylic acids is 2. The second-order valence-corrected chi connectivity index (χ2v) is 5.98. The van der Waals surface area contributed by atoms with Gasteiger partial charge in [0.25, 0.3) is 5.91 Å². The van der Waals surface area contributed by atoms with Crippen LogP contribution in [0.15, 0.2) is 42.5 Å². The predicted octanol–water partition coefficient (Wildman–Crippen LogP) is 2.29. The van der Waals surface area contributed by atoms with Crippen molar-refractivity contribution in [3.05, 3.63) is 59.4 Å². The van der Waals surface area contributed by atoms with Crippen molar-refractivity contribution in [3.63, 3.8) is 0 Å². The van der Waals surface area contributed by atoms with Crippen LogP contribution in [0.2, 0.25) is 0 Å². The van der Waals surface area contributed by atoms with Crippen LogP contribution in [-0.2, 0) is 11.3 Å². The quantitative estimate of drug-likeness (QED) is 0.910. The fraction of sp³-hybridized carbons (Fsp3) is 0.222. The molecule has 0 aliphatic carbocycles. The Labute approximate surface area is 138 Å². The Bertz CT molecular complexity index is 837. The Morgan fingerprint density at radius 1 is 1.17 bits per heavy atom. The standard InChI is InChI=1S/C18H16FN3O2/c19-14-3-1-2-4-16(14)22-8-7-15(18(22)24)21-12-6-5-11-10-20-17(23)13(11)9-12/h1-6,9,15,21H,7-8,10H2,(H,20,23). The van der Waals surface area contributed by atoms with Crippen molar-refractivity contribution in [1.29, 1.82) is 0 Å². The van der Waals surface area contributed by atoms with Gasteiger partial charge in [-0.25, -0.2) is 4.39 Å². The average molecular weight is 325 g/mol. The lowest BCUT2D eigenvalue weighted by atomic mass is 10.1. The monoisotopic (exact) mass is 325 g/mol. The lowest BCUT2D eigenvalue weighted by Crippen LogP contribution is -2.33. The van der Waals surface area contributed by atoms with Crippen molar-refractivity contribution >= 4 is 23.2 Å². The molecule has 2 amide bonds. The molecule has 2 aromatic carbocycles. The first-order valence-corrected chi connectivity index (χ1v) is 7.87. The molecule has 0 radical (unpaired) electrons. The number of nitrogens with one attached hydrogen (secondary N) is 2. The summed E-state index contributed by atoms with van der Waals surface area (Å²) in [6.07, 6.45) is 0.580. The van der Waals surface area contributed by atoms with Gasteiger partial charge in [-0.3, -0.25) is 9.59 Å². The number of hydrogen-bond donors (Lipinski definition) is 2. The minimum absolute atomic E-state index is 0.0978. The van der Waals surface area contributed by atoms with E-state index in [0.717, 1.165) is 11.3 Å². The zero-order valence-corrected chi connectivity index (χ0v) is 12.9. The zero-order chi connectivity index (χ0) is 16.7. The normalized spacial score (nSPS) is 19.4. The van der Waals surface area contributed by atoms with Gasteiger partial charge < -0.3 is 15.5 Å². The topological polar surface area (TPSA) is 61.4 Å². The Kier molecular flexibility index (Phi) is 3.45. The van der Waals surface area contributed by atoms with Crippen LogP contribution in [0.25, 0.3) is 0 Å². The van der Waals surface area contributed by atoms with Crippen molar-refractivity contribution in [3.8, 4) is 0 Å². The van der Waals surface area contributed by atoms with E-state index >= 15 is 0 Å². The van der Waals surface area contributed by atoms with Crippen LogP contribution in [0.3, 0.4) is 0 Å². The number of amides is 2. The van der Waals surface area contributed by atoms with E-state index in [4.69, 9.17) is 0 Å². The number of carbonyl (C=O) groups is 2. The predicted molar refractivity (Wildman–Crippen MR) is 88.4 cm³/mol. The lowest BCUT2D eigenvalue weighted by molar-refractivity contribution is -0.117. The third-order valence-corrected chi connectivity index (χ3v) is 4.48. The summed E-state index contributed by atoms with van der Waals surface area (Å²) in [5.74, 6) is -0.662. The first-order chi connectivity index (χ1) is 11.6. The van der Waals surface area contributed by atoms with Crippen LogP contribution in [-0.4, -0.2) is 24.4 Å². The molecule has 2 heterocycles. The summed E-state index contributed by atoms with van der Waals surface area (Å²) in [4.78, 5) is 25.8. The summed E-state index contributed by atoms with van der Waals surface area (Å²) in [5.41, 5.74) is 2.62. The Balaban J connectivity index is 1.53. The first kappa shape index (κ1) is 14.7. The molecule has 24 heavy (non-hydrogen) atoms. The van der Waals surface area contributed by atoms with Gasteiger partial charge in [-0.2, -0.15) is 0 Å². The SMILES string of the molecule is O=C1NCc2ccc(NC3CCN(c4ccccc4F)C3=O)cc21. The molecule has 5 nitrogen and oxygen atoms in total. The van der Waals surface area contributed by atoms with Gasteiger partial charge in [-0.05, 0) is 36.2 Å². The Hall–Kier alpha value is -2.89. The molecule has 1 atom stereocenters. The van der Waals surface area contributed by atoms with E-state index in [1.165, 1.54) is 11.0 Å². The largest absolute Gasteiger partial charge is 0.374 e. The van der Waals surface area contributed by atoms with Crippen molar-refractivity contribution < 1.29 is 14.0 Å². The highest BCUT2D eigenvalue weighted by atomic mass is 19.1. The third kappa shape index (κ3) is 2.40. The van der Waals surface area contributed by atoms with Crippen LogP contribution >= 0.6 is 0 Å². The molecule has 2 aromatic rings. The molecule has 1 fully saturated rings. The minimum atomic E-state index is -0.424. The number of fused-ring (bicyclic) bond motifs is 1. The smallest absolute Gasteiger partial charge is 0.251 e. The number of anilines is 2. The van der Waals surface area contributed by atoms with Crippen LogP contribution in [0.4, 0.5) is 15.8 Å². The van der Waals surface area contributed by atoms with Crippen LogP contribution in [0, 0.1) is 5.82 Å². The van der Waals surface area contributed by atoms with Crippen molar-refractivity contribution in [2.45, 2.75) is 19.0 Å². The van der Waals surface area contributed by atoms with Crippen molar-refractivity contribution in [1.82, 2.24) is 5.32 Å². The Morgan fingerprint density at radius 3 is 2.83 bits per heavy atom. The van der Waals surface area contributed by atoms with E-state index < -0.39 is 11.9 Å². The number of halogens is 1. The summed E-state index contributed by atoms with van der Waals surface area (Å²) in [6.45, 7) is 1.00. The van der Waals surface area contributed by atoms with Gasteiger partial charge in [-0.15, -0.1) is 0 Å². The first-order valence-electron chi connectivity index (χ1n) is 7.87. The number of nitrogens with zero attached hydrogens (tertiary/aromatic N) is 1. The summed E-state index contributed by atoms with van der Waals surface area (Å²) in [5, 5.41) is 5.93. The molecule has 1 unspecified atom stereocenters. The summed E-state index contributed by atoms with van der Waals surface area (Å²) < 4.78 is 13.9. The molecule has 6 heteroatoms. The lowest BCUT2D eigenvalue weighted by Gasteiger charge is -2.18. The molecule has 122 valence electrons. The van der Waals surface area contributed by atoms with Gasteiger partial charge in [0.2, 0.25) is 5.91 Å². The number of benzene rings is 2. The van der Waals surface area contributed by atoms with E-state index in [9.17, 15) is 14.0 Å². The number of para-hydroxylation sites is 1. The number of hydrogen-bond acceptors (Lipinski definition) is 3. The highest BCUT2D eigenvalue weighted by Gasteiger charge is 2.34. The van der Waals surface area contributed by atoms with Crippen LogP contribution in [0.5, 0.6) is 0 Å². The van der Waals surface area contributed by atoms with Crippen molar-refractivity contribution in [2.24, 2.45) is 0 Å². The van der Waals surface area contributed by atoms with Crippen LogP contribution in [0.1, 0.15) is 22.3 Å². The molecule has 2 aliphatic rings. The fourth-order valence-electron chi connectivity index (χ4n) is 3.23. The van der Waals surface area contributed by atoms with Gasteiger partial charge in [0.15, 0.2) is 0 Å². The van der Waals surface area contributed by atoms with Gasteiger partial charge in [0, 0.05) is 24.3 Å². The molecule has 0 spiro atoms. The fourth-order valence-corrected chi connectivity index (χ4v) is 3.23. The van der Waals surface area contributed by atoms with E-state index in [1.807, 2.05) is 12.1 Å². The average Bonchev–Trinajstić information content (AvgIpc) is 3.13. The molecule has 4 rings (SSSR count). The third-order valence-electron chi connectivity index (χ3n) is 4.48. The minimum Gasteiger partial charge on any atom is -0.374 e. The molecule has 0 saturated carbocycles. The number of rotatable bonds is 3. The summed E-state index contributed by atoms with van der Waals surface area (Å²) in [7, 11) is 0. The highest BCUT2D eigenvalue weighted by Crippen LogP contribution is 2.27. The van der Waals surface area contributed by atoms with E-state index in [2.05, 4.69) is 10.6 Å². The molecule has 2 N–H and O–H groups in total. The molecule has 1 saturated heterocycles. The van der Waals surface area contributed by atoms with Gasteiger partial charge in [0.05, 0.1) is 5.69 Å². The maximum atomic E-state index is 13.9. The second kappa shape index (κ2) is 5.63. The zero-order valence-electron chi connectivity index (χ0n) is 12.9. The van der Waals surface area contributed by atoms with Crippen molar-refractivity contribution in [2.75, 3.05) is 16.8 Å². The van der Waals surface area contributed by atoms with Gasteiger partial charge in [0.1, 0.15) is 11.9 Å². The Morgan fingerprint density at radius 2 is 2.00 bits per heavy atom. The summed E-state index contributed by atoms with van der Waals surface area (Å²) in [6, 6.07) is 11.3. The van der Waals surface area contributed by atoms with Gasteiger partial charge >= 0.3 is 0 Å². The van der Waals surface area contributed by atoms with Crippen LogP contribution < -0.4 is 15.5 Å². The second-order valence-electron chi connectivity index (χ2n) is 5.98. The van der Waals surface area contributed by atoms with E-state index in [-0.39, 0.29) is 11.8 Å². The molecular weight excluding hydrogens is 309 g/mol. The highest BCUT2D eigenvalue weighted by molar-refractivity contribution is 6.02. The molecule has 2 aliphatic heterocycles. The molecule has 0 aromatic heterocycles. The van der Waals surface area contributed by atoms with Gasteiger partial charge in [-0.1, -0.05) is 18.2 Å².